The highest BCUT2D eigenvalue weighted by atomic mass is 16.5. The Labute approximate surface area is 89.7 Å². The third kappa shape index (κ3) is 1.23. The van der Waals surface area contributed by atoms with Gasteiger partial charge in [-0.1, -0.05) is 30.3 Å². The van der Waals surface area contributed by atoms with Crippen LogP contribution in [0.5, 0.6) is 5.75 Å². The van der Waals surface area contributed by atoms with E-state index >= 15 is 0 Å². The molecule has 3 rings (SSSR count). The SMILES string of the molecule is COc1c2c(cc3ccccc13)CCC2. The second-order valence-corrected chi connectivity index (χ2v) is 4.12. The van der Waals surface area contributed by atoms with Crippen LogP contribution in [-0.2, 0) is 12.8 Å². The molecule has 0 unspecified atom stereocenters. The molecule has 0 bridgehead atoms. The summed E-state index contributed by atoms with van der Waals surface area (Å²) in [5, 5.41) is 2.55. The molecule has 0 fully saturated rings. The Kier molecular flexibility index (Phi) is 1.91. The van der Waals surface area contributed by atoms with Crippen LogP contribution in [0.3, 0.4) is 0 Å². The van der Waals surface area contributed by atoms with E-state index in [9.17, 15) is 0 Å². The van der Waals surface area contributed by atoms with E-state index in [1.807, 2.05) is 0 Å². The quantitative estimate of drug-likeness (QED) is 0.683. The Hall–Kier alpha value is -1.50. The Morgan fingerprint density at radius 1 is 1.13 bits per heavy atom. The van der Waals surface area contributed by atoms with E-state index in [4.69, 9.17) is 4.74 Å². The molecule has 0 heterocycles. The van der Waals surface area contributed by atoms with E-state index in [1.165, 1.54) is 41.2 Å². The molecule has 15 heavy (non-hydrogen) atoms. The van der Waals surface area contributed by atoms with E-state index < -0.39 is 0 Å². The topological polar surface area (TPSA) is 9.23 Å². The van der Waals surface area contributed by atoms with Gasteiger partial charge in [-0.3, -0.25) is 0 Å². The maximum absolute atomic E-state index is 5.57. The molecule has 1 aliphatic rings. The summed E-state index contributed by atoms with van der Waals surface area (Å²) in [6, 6.07) is 10.8. The molecular formula is C14H14O. The van der Waals surface area contributed by atoms with Crippen molar-refractivity contribution in [3.8, 4) is 5.75 Å². The molecule has 1 heteroatoms. The number of aryl methyl sites for hydroxylation is 1. The fourth-order valence-electron chi connectivity index (χ4n) is 2.60. The number of rotatable bonds is 1. The van der Waals surface area contributed by atoms with Crippen molar-refractivity contribution in [3.05, 3.63) is 41.5 Å². The highest BCUT2D eigenvalue weighted by Crippen LogP contribution is 2.37. The molecule has 0 N–H and O–H groups in total. The smallest absolute Gasteiger partial charge is 0.130 e. The van der Waals surface area contributed by atoms with Crippen LogP contribution in [0.4, 0.5) is 0 Å². The lowest BCUT2D eigenvalue weighted by atomic mass is 10.0. The highest BCUT2D eigenvalue weighted by Gasteiger charge is 2.17. The van der Waals surface area contributed by atoms with E-state index in [0.717, 1.165) is 5.75 Å². The molecule has 0 radical (unpaired) electrons. The van der Waals surface area contributed by atoms with Crippen LogP contribution in [0.1, 0.15) is 17.5 Å². The van der Waals surface area contributed by atoms with Crippen molar-refractivity contribution in [3.63, 3.8) is 0 Å². The summed E-state index contributed by atoms with van der Waals surface area (Å²) in [6.07, 6.45) is 3.64. The molecule has 2 aromatic carbocycles. The van der Waals surface area contributed by atoms with Gasteiger partial charge in [-0.05, 0) is 35.8 Å². The predicted octanol–water partition coefficient (Wildman–Crippen LogP) is 3.34. The lowest BCUT2D eigenvalue weighted by Gasteiger charge is -2.11. The van der Waals surface area contributed by atoms with Gasteiger partial charge in [-0.15, -0.1) is 0 Å². The highest BCUT2D eigenvalue weighted by molar-refractivity contribution is 5.90. The summed E-state index contributed by atoms with van der Waals surface area (Å²) in [4.78, 5) is 0. The first-order valence-electron chi connectivity index (χ1n) is 5.47. The van der Waals surface area contributed by atoms with E-state index in [1.54, 1.807) is 7.11 Å². The van der Waals surface area contributed by atoms with Crippen LogP contribution >= 0.6 is 0 Å². The number of hydrogen-bond donors (Lipinski definition) is 0. The second kappa shape index (κ2) is 3.27. The van der Waals surface area contributed by atoms with Crippen LogP contribution in [-0.4, -0.2) is 7.11 Å². The first-order chi connectivity index (χ1) is 7.40. The molecule has 1 aliphatic carbocycles. The Morgan fingerprint density at radius 2 is 2.00 bits per heavy atom. The molecule has 2 aromatic rings. The molecule has 0 saturated carbocycles. The molecule has 76 valence electrons. The Morgan fingerprint density at radius 3 is 2.87 bits per heavy atom. The van der Waals surface area contributed by atoms with Gasteiger partial charge in [0.2, 0.25) is 0 Å². The van der Waals surface area contributed by atoms with Crippen LogP contribution in [0.25, 0.3) is 10.8 Å². The minimum absolute atomic E-state index is 1.10. The van der Waals surface area contributed by atoms with Gasteiger partial charge >= 0.3 is 0 Å². The Bertz CT molecular complexity index is 514. The van der Waals surface area contributed by atoms with Gasteiger partial charge in [0, 0.05) is 5.39 Å². The predicted molar refractivity (Wildman–Crippen MR) is 62.5 cm³/mol. The molecule has 0 spiro atoms. The van der Waals surface area contributed by atoms with E-state index in [-0.39, 0.29) is 0 Å². The third-order valence-electron chi connectivity index (χ3n) is 3.27. The van der Waals surface area contributed by atoms with Crippen LogP contribution in [0, 0.1) is 0 Å². The molecule has 0 atom stereocenters. The van der Waals surface area contributed by atoms with Gasteiger partial charge in [-0.2, -0.15) is 0 Å². The zero-order chi connectivity index (χ0) is 10.3. The van der Waals surface area contributed by atoms with Crippen molar-refractivity contribution in [2.45, 2.75) is 19.3 Å². The van der Waals surface area contributed by atoms with Gasteiger partial charge in [-0.25, -0.2) is 0 Å². The fraction of sp³-hybridized carbons (Fsp3) is 0.286. The molecule has 0 amide bonds. The molecular weight excluding hydrogens is 184 g/mol. The zero-order valence-corrected chi connectivity index (χ0v) is 8.92. The van der Waals surface area contributed by atoms with Crippen LogP contribution < -0.4 is 4.74 Å². The maximum atomic E-state index is 5.57. The first kappa shape index (κ1) is 8.78. The van der Waals surface area contributed by atoms with Crippen LogP contribution in [0.15, 0.2) is 30.3 Å². The monoisotopic (exact) mass is 198 g/mol. The van der Waals surface area contributed by atoms with Crippen molar-refractivity contribution in [1.82, 2.24) is 0 Å². The standard InChI is InChI=1S/C14H14O/c1-15-14-12-7-3-2-5-10(12)9-11-6-4-8-13(11)14/h2-3,5,7,9H,4,6,8H2,1H3. The molecule has 0 aromatic heterocycles. The lowest BCUT2D eigenvalue weighted by Crippen LogP contribution is -1.92. The van der Waals surface area contributed by atoms with Crippen molar-refractivity contribution < 1.29 is 4.74 Å². The van der Waals surface area contributed by atoms with Crippen LogP contribution in [0.2, 0.25) is 0 Å². The van der Waals surface area contributed by atoms with Crippen molar-refractivity contribution in [2.24, 2.45) is 0 Å². The second-order valence-electron chi connectivity index (χ2n) is 4.12. The summed E-state index contributed by atoms with van der Waals surface area (Å²) >= 11 is 0. The number of methoxy groups -OCH3 is 1. The third-order valence-corrected chi connectivity index (χ3v) is 3.27. The average Bonchev–Trinajstić information content (AvgIpc) is 2.73. The summed E-state index contributed by atoms with van der Waals surface area (Å²) in [5.74, 6) is 1.10. The van der Waals surface area contributed by atoms with E-state index in [2.05, 4.69) is 30.3 Å². The van der Waals surface area contributed by atoms with Gasteiger partial charge in [0.05, 0.1) is 7.11 Å². The van der Waals surface area contributed by atoms with E-state index in [0.29, 0.717) is 0 Å². The lowest BCUT2D eigenvalue weighted by molar-refractivity contribution is 0.415. The molecule has 0 saturated heterocycles. The van der Waals surface area contributed by atoms with Gasteiger partial charge in [0.25, 0.3) is 0 Å². The van der Waals surface area contributed by atoms with Gasteiger partial charge in [0.1, 0.15) is 5.75 Å². The first-order valence-corrected chi connectivity index (χ1v) is 5.47. The van der Waals surface area contributed by atoms with Crippen molar-refractivity contribution >= 4 is 10.8 Å². The number of ether oxygens (including phenoxy) is 1. The Balaban J connectivity index is 2.41. The summed E-state index contributed by atoms with van der Waals surface area (Å²) in [7, 11) is 1.78. The van der Waals surface area contributed by atoms with Crippen molar-refractivity contribution in [1.29, 1.82) is 0 Å². The summed E-state index contributed by atoms with van der Waals surface area (Å²) in [6.45, 7) is 0. The summed E-state index contributed by atoms with van der Waals surface area (Å²) < 4.78 is 5.57. The molecule has 1 nitrogen and oxygen atoms in total. The minimum atomic E-state index is 1.10. The number of hydrogen-bond acceptors (Lipinski definition) is 1. The normalized spacial score (nSPS) is 14.2. The summed E-state index contributed by atoms with van der Waals surface area (Å²) in [5.41, 5.74) is 2.90. The largest absolute Gasteiger partial charge is 0.496 e. The fourth-order valence-corrected chi connectivity index (χ4v) is 2.60. The van der Waals surface area contributed by atoms with Gasteiger partial charge in [0.15, 0.2) is 0 Å². The maximum Gasteiger partial charge on any atom is 0.130 e. The van der Waals surface area contributed by atoms with Crippen molar-refractivity contribution in [2.75, 3.05) is 7.11 Å². The zero-order valence-electron chi connectivity index (χ0n) is 8.92. The minimum Gasteiger partial charge on any atom is -0.496 e. The number of benzene rings is 2. The number of fused-ring (bicyclic) bond motifs is 2. The average molecular weight is 198 g/mol. The van der Waals surface area contributed by atoms with Gasteiger partial charge < -0.3 is 4.74 Å². The molecule has 0 aliphatic heterocycles.